The number of hydrogen-bond acceptors (Lipinski definition) is 3. The van der Waals surface area contributed by atoms with Gasteiger partial charge in [-0.25, -0.2) is 4.98 Å². The van der Waals surface area contributed by atoms with Crippen molar-refractivity contribution in [3.63, 3.8) is 0 Å². The quantitative estimate of drug-likeness (QED) is 0.887. The number of halogens is 3. The predicted molar refractivity (Wildman–Crippen MR) is 70.9 cm³/mol. The molecule has 15 heavy (non-hydrogen) atoms. The number of nitrogen functional groups attached to an aromatic ring is 1. The summed E-state index contributed by atoms with van der Waals surface area (Å²) in [6.07, 6.45) is 6.42. The fourth-order valence-corrected chi connectivity index (χ4v) is 1.04. The minimum Gasteiger partial charge on any atom is -0.382 e. The van der Waals surface area contributed by atoms with Gasteiger partial charge in [0.05, 0.1) is 5.02 Å². The fourth-order valence-electron chi connectivity index (χ4n) is 0.870. The molecule has 0 atom stereocenters. The Morgan fingerprint density at radius 2 is 2.07 bits per heavy atom. The lowest BCUT2D eigenvalue weighted by Gasteiger charge is -1.97. The normalized spacial score (nSPS) is 9.47. The predicted octanol–water partition coefficient (Wildman–Crippen LogP) is 2.52. The van der Waals surface area contributed by atoms with Gasteiger partial charge in [-0.2, -0.15) is 0 Å². The van der Waals surface area contributed by atoms with Crippen LogP contribution in [-0.2, 0) is 0 Å². The van der Waals surface area contributed by atoms with Crippen molar-refractivity contribution in [3.8, 4) is 0 Å². The summed E-state index contributed by atoms with van der Waals surface area (Å²) in [5.74, 6) is 0.359. The molecule has 0 saturated carbocycles. The van der Waals surface area contributed by atoms with Crippen LogP contribution in [0.5, 0.6) is 0 Å². The van der Waals surface area contributed by atoms with Gasteiger partial charge in [0.2, 0.25) is 0 Å². The Balaban J connectivity index is 0. The minimum absolute atomic E-state index is 0. The third kappa shape index (κ3) is 5.85. The Labute approximate surface area is 107 Å². The lowest BCUT2D eigenvalue weighted by Crippen LogP contribution is -1.95. The Morgan fingerprint density at radius 1 is 1.40 bits per heavy atom. The molecule has 0 amide bonds. The lowest BCUT2D eigenvalue weighted by atomic mass is 10.2. The van der Waals surface area contributed by atoms with Gasteiger partial charge in [-0.1, -0.05) is 23.8 Å². The molecule has 1 rings (SSSR count). The molecule has 3 nitrogen and oxygen atoms in total. The molecule has 4 N–H and O–H groups in total. The van der Waals surface area contributed by atoms with E-state index in [1.807, 2.05) is 12.2 Å². The van der Waals surface area contributed by atoms with Crippen LogP contribution in [0.4, 0.5) is 5.82 Å². The van der Waals surface area contributed by atoms with Crippen LogP contribution in [0.2, 0.25) is 5.02 Å². The average molecular weight is 271 g/mol. The fraction of sp³-hybridized carbons (Fsp3) is 0.222. The van der Waals surface area contributed by atoms with Crippen molar-refractivity contribution in [1.29, 1.82) is 0 Å². The molecule has 0 spiro atoms. The molecule has 1 aromatic heterocycles. The van der Waals surface area contributed by atoms with E-state index in [1.54, 1.807) is 12.3 Å². The number of rotatable bonds is 3. The maximum Gasteiger partial charge on any atom is 0.142 e. The molecule has 0 fully saturated rings. The minimum atomic E-state index is 0. The maximum atomic E-state index is 5.78. The Kier molecular flexibility index (Phi) is 9.93. The van der Waals surface area contributed by atoms with Crippen LogP contribution in [0.1, 0.15) is 12.0 Å². The summed E-state index contributed by atoms with van der Waals surface area (Å²) >= 11 is 5.78. The van der Waals surface area contributed by atoms with Crippen molar-refractivity contribution in [2.45, 2.75) is 6.42 Å². The smallest absolute Gasteiger partial charge is 0.142 e. The van der Waals surface area contributed by atoms with Gasteiger partial charge in [0.15, 0.2) is 0 Å². The second kappa shape index (κ2) is 8.80. The van der Waals surface area contributed by atoms with Crippen molar-refractivity contribution in [1.82, 2.24) is 4.98 Å². The van der Waals surface area contributed by atoms with E-state index in [2.05, 4.69) is 4.98 Å². The van der Waals surface area contributed by atoms with E-state index in [9.17, 15) is 0 Å². The maximum absolute atomic E-state index is 5.78. The third-order valence-corrected chi connectivity index (χ3v) is 1.84. The van der Waals surface area contributed by atoms with Crippen LogP contribution in [-0.4, -0.2) is 11.5 Å². The highest BCUT2D eigenvalue weighted by atomic mass is 35.5. The Bertz CT molecular complexity index is 315. The number of hydrogen-bond donors (Lipinski definition) is 2. The van der Waals surface area contributed by atoms with Crippen LogP contribution >= 0.6 is 36.4 Å². The van der Waals surface area contributed by atoms with Gasteiger partial charge in [-0.05, 0) is 24.6 Å². The molecule has 0 saturated heterocycles. The van der Waals surface area contributed by atoms with E-state index in [0.29, 0.717) is 17.4 Å². The topological polar surface area (TPSA) is 64.9 Å². The van der Waals surface area contributed by atoms with E-state index < -0.39 is 0 Å². The van der Waals surface area contributed by atoms with Crippen molar-refractivity contribution < 1.29 is 0 Å². The van der Waals surface area contributed by atoms with Crippen LogP contribution in [0.15, 0.2) is 18.3 Å². The molecular formula is C9H14Cl3N3. The van der Waals surface area contributed by atoms with E-state index in [1.165, 1.54) is 0 Å². The average Bonchev–Trinajstić information content (AvgIpc) is 2.12. The number of pyridine rings is 1. The number of nitrogens with zero attached hydrogens (tertiary/aromatic N) is 1. The highest BCUT2D eigenvalue weighted by molar-refractivity contribution is 6.32. The lowest BCUT2D eigenvalue weighted by molar-refractivity contribution is 1.01. The first-order valence-electron chi connectivity index (χ1n) is 4.01. The molecule has 0 bridgehead atoms. The van der Waals surface area contributed by atoms with Gasteiger partial charge in [0, 0.05) is 6.20 Å². The van der Waals surface area contributed by atoms with Crippen LogP contribution < -0.4 is 11.5 Å². The molecule has 0 radical (unpaired) electrons. The summed E-state index contributed by atoms with van der Waals surface area (Å²) in [6, 6.07) is 1.77. The summed E-state index contributed by atoms with van der Waals surface area (Å²) in [4.78, 5) is 3.92. The molecule has 0 aliphatic heterocycles. The highest BCUT2D eigenvalue weighted by Crippen LogP contribution is 2.17. The van der Waals surface area contributed by atoms with Crippen molar-refractivity contribution in [2.24, 2.45) is 5.73 Å². The molecular weight excluding hydrogens is 256 g/mol. The van der Waals surface area contributed by atoms with Gasteiger partial charge < -0.3 is 11.5 Å². The van der Waals surface area contributed by atoms with E-state index >= 15 is 0 Å². The second-order valence-corrected chi connectivity index (χ2v) is 3.02. The van der Waals surface area contributed by atoms with Gasteiger partial charge in [-0.15, -0.1) is 24.8 Å². The molecule has 0 aliphatic rings. The zero-order valence-electron chi connectivity index (χ0n) is 8.02. The second-order valence-electron chi connectivity index (χ2n) is 2.62. The SMILES string of the molecule is Cl.Cl.NCC/C=C/c1cnc(N)c(Cl)c1. The Morgan fingerprint density at radius 3 is 2.60 bits per heavy atom. The van der Waals surface area contributed by atoms with Gasteiger partial charge >= 0.3 is 0 Å². The highest BCUT2D eigenvalue weighted by Gasteiger charge is 1.96. The largest absolute Gasteiger partial charge is 0.382 e. The van der Waals surface area contributed by atoms with E-state index in [0.717, 1.165) is 12.0 Å². The first-order chi connectivity index (χ1) is 6.24. The monoisotopic (exact) mass is 269 g/mol. The molecule has 0 unspecified atom stereocenters. The number of nitrogens with two attached hydrogens (primary N) is 2. The number of aromatic nitrogens is 1. The first kappa shape index (κ1) is 16.9. The van der Waals surface area contributed by atoms with Crippen molar-refractivity contribution in [2.75, 3.05) is 12.3 Å². The molecule has 6 heteroatoms. The molecule has 86 valence electrons. The van der Waals surface area contributed by atoms with Crippen molar-refractivity contribution >= 4 is 48.3 Å². The number of anilines is 1. The van der Waals surface area contributed by atoms with Gasteiger partial charge in [0.25, 0.3) is 0 Å². The van der Waals surface area contributed by atoms with Crippen LogP contribution in [0.3, 0.4) is 0 Å². The zero-order valence-corrected chi connectivity index (χ0v) is 10.4. The Hall–Kier alpha value is -0.480. The van der Waals surface area contributed by atoms with Gasteiger partial charge in [-0.3, -0.25) is 0 Å². The van der Waals surface area contributed by atoms with Crippen molar-refractivity contribution in [3.05, 3.63) is 28.9 Å². The first-order valence-corrected chi connectivity index (χ1v) is 4.39. The molecule has 0 aliphatic carbocycles. The third-order valence-electron chi connectivity index (χ3n) is 1.53. The molecule has 1 heterocycles. The van der Waals surface area contributed by atoms with Crippen LogP contribution in [0.25, 0.3) is 6.08 Å². The summed E-state index contributed by atoms with van der Waals surface area (Å²) in [5.41, 5.74) is 11.7. The van der Waals surface area contributed by atoms with E-state index in [-0.39, 0.29) is 24.8 Å². The molecule has 0 aromatic carbocycles. The summed E-state index contributed by atoms with van der Waals surface area (Å²) < 4.78 is 0. The standard InChI is InChI=1S/C9H12ClN3.2ClH/c10-8-5-7(3-1-2-4-11)6-13-9(8)12;;/h1,3,5-6H,2,4,11H2,(H2,12,13);2*1H/b3-1+;;. The zero-order chi connectivity index (χ0) is 9.68. The van der Waals surface area contributed by atoms with E-state index in [4.69, 9.17) is 23.1 Å². The van der Waals surface area contributed by atoms with Gasteiger partial charge in [0.1, 0.15) is 5.82 Å². The summed E-state index contributed by atoms with van der Waals surface area (Å²) in [5, 5.41) is 0.481. The summed E-state index contributed by atoms with van der Waals surface area (Å²) in [6.45, 7) is 0.645. The van der Waals surface area contributed by atoms with Crippen LogP contribution in [0, 0.1) is 0 Å². The summed E-state index contributed by atoms with van der Waals surface area (Å²) in [7, 11) is 0. The molecule has 1 aromatic rings.